The average molecular weight is 549 g/mol. The number of rotatable bonds is 6. The Labute approximate surface area is 224 Å². The van der Waals surface area contributed by atoms with Gasteiger partial charge in [0.05, 0.1) is 33.4 Å². The molecule has 1 aliphatic heterocycles. The van der Waals surface area contributed by atoms with Gasteiger partial charge < -0.3 is 20.1 Å². The molecule has 2 N–H and O–H groups in total. The zero-order valence-electron chi connectivity index (χ0n) is 21.8. The SMILES string of the molecule is CN1CCC(Nc2cccc3c(C(F)C(F)F)c(C#CCNC(=O)c4ccn(C(C)(C)C)c4)sc23)C(F)C1. The Morgan fingerprint density at radius 2 is 2.00 bits per heavy atom. The summed E-state index contributed by atoms with van der Waals surface area (Å²) >= 11 is 1.09. The summed E-state index contributed by atoms with van der Waals surface area (Å²) in [4.78, 5) is 14.6. The van der Waals surface area contributed by atoms with Crippen molar-refractivity contribution in [2.24, 2.45) is 0 Å². The Morgan fingerprint density at radius 1 is 1.24 bits per heavy atom. The number of alkyl halides is 4. The molecule has 3 unspecified atom stereocenters. The lowest BCUT2D eigenvalue weighted by atomic mass is 10.0. The molecule has 5 nitrogen and oxygen atoms in total. The molecule has 1 fully saturated rings. The topological polar surface area (TPSA) is 49.3 Å². The molecule has 2 aromatic heterocycles. The van der Waals surface area contributed by atoms with Gasteiger partial charge in [0.2, 0.25) is 0 Å². The fourth-order valence-electron chi connectivity index (χ4n) is 4.46. The van der Waals surface area contributed by atoms with Crippen molar-refractivity contribution in [1.29, 1.82) is 0 Å². The van der Waals surface area contributed by atoms with Crippen LogP contribution in [0.2, 0.25) is 0 Å². The van der Waals surface area contributed by atoms with Crippen molar-refractivity contribution in [3.05, 3.63) is 52.7 Å². The van der Waals surface area contributed by atoms with Gasteiger partial charge >= 0.3 is 0 Å². The van der Waals surface area contributed by atoms with Crippen molar-refractivity contribution in [2.45, 2.75) is 57.5 Å². The van der Waals surface area contributed by atoms with Crippen molar-refractivity contribution < 1.29 is 22.4 Å². The number of thiophene rings is 1. The quantitative estimate of drug-likeness (QED) is 0.295. The van der Waals surface area contributed by atoms with E-state index in [1.165, 1.54) is 0 Å². The Bertz CT molecular complexity index is 1350. The second-order valence-corrected chi connectivity index (χ2v) is 11.6. The van der Waals surface area contributed by atoms with Crippen LogP contribution in [0.5, 0.6) is 0 Å². The smallest absolute Gasteiger partial charge is 0.273 e. The number of nitrogens with one attached hydrogen (secondary N) is 2. The molecule has 1 saturated heterocycles. The number of nitrogens with zero attached hydrogens (tertiary/aromatic N) is 2. The van der Waals surface area contributed by atoms with Gasteiger partial charge in [0, 0.05) is 42.0 Å². The number of hydrogen-bond acceptors (Lipinski definition) is 4. The van der Waals surface area contributed by atoms with E-state index < -0.39 is 24.8 Å². The van der Waals surface area contributed by atoms with E-state index in [0.29, 0.717) is 34.3 Å². The summed E-state index contributed by atoms with van der Waals surface area (Å²) in [6.07, 6.45) is -2.70. The first-order valence-electron chi connectivity index (χ1n) is 12.5. The fourth-order valence-corrected chi connectivity index (χ4v) is 5.65. The maximum Gasteiger partial charge on any atom is 0.273 e. The number of likely N-dealkylation sites (tertiary alicyclic amines) is 1. The fraction of sp³-hybridized carbons (Fsp3) is 0.464. The molecular formula is C28H32F4N4OS. The van der Waals surface area contributed by atoms with Gasteiger partial charge in [0.25, 0.3) is 12.3 Å². The largest absolute Gasteiger partial charge is 0.378 e. The molecule has 0 aliphatic carbocycles. The molecule has 204 valence electrons. The maximum atomic E-state index is 14.8. The molecule has 1 amide bonds. The number of anilines is 1. The monoisotopic (exact) mass is 548 g/mol. The molecule has 3 heterocycles. The second-order valence-electron chi connectivity index (χ2n) is 10.5. The zero-order chi connectivity index (χ0) is 27.6. The third kappa shape index (κ3) is 6.16. The minimum absolute atomic E-state index is 0.0386. The Morgan fingerprint density at radius 3 is 2.66 bits per heavy atom. The van der Waals surface area contributed by atoms with Crippen LogP contribution in [0.4, 0.5) is 23.2 Å². The van der Waals surface area contributed by atoms with Gasteiger partial charge in [-0.3, -0.25) is 4.79 Å². The summed E-state index contributed by atoms with van der Waals surface area (Å²) in [7, 11) is 1.86. The second kappa shape index (κ2) is 11.4. The highest BCUT2D eigenvalue weighted by Crippen LogP contribution is 2.42. The van der Waals surface area contributed by atoms with Crippen LogP contribution in [0.25, 0.3) is 10.1 Å². The minimum atomic E-state index is -3.22. The normalized spacial score (nSPS) is 19.3. The summed E-state index contributed by atoms with van der Waals surface area (Å²) in [5.41, 5.74) is 0.694. The molecule has 0 bridgehead atoms. The molecule has 38 heavy (non-hydrogen) atoms. The third-order valence-electron chi connectivity index (χ3n) is 6.61. The number of benzene rings is 1. The third-order valence-corrected chi connectivity index (χ3v) is 7.78. The number of aromatic nitrogens is 1. The maximum absolute atomic E-state index is 14.8. The van der Waals surface area contributed by atoms with Crippen molar-refractivity contribution in [3.8, 4) is 11.8 Å². The van der Waals surface area contributed by atoms with Gasteiger partial charge in [-0.25, -0.2) is 17.6 Å². The van der Waals surface area contributed by atoms with Gasteiger partial charge in [0.15, 0.2) is 6.17 Å². The van der Waals surface area contributed by atoms with E-state index in [2.05, 4.69) is 22.5 Å². The highest BCUT2D eigenvalue weighted by Gasteiger charge is 2.31. The molecule has 3 atom stereocenters. The Kier molecular flexibility index (Phi) is 8.38. The first kappa shape index (κ1) is 28.0. The molecule has 1 aromatic carbocycles. The molecule has 0 saturated carbocycles. The Balaban J connectivity index is 1.56. The lowest BCUT2D eigenvalue weighted by Crippen LogP contribution is -2.46. The van der Waals surface area contributed by atoms with E-state index in [0.717, 1.165) is 17.9 Å². The molecule has 0 spiro atoms. The summed E-state index contributed by atoms with van der Waals surface area (Å²) in [6.45, 7) is 7.04. The highest BCUT2D eigenvalue weighted by molar-refractivity contribution is 7.20. The Hall–Kier alpha value is -3.03. The van der Waals surface area contributed by atoms with E-state index in [-0.39, 0.29) is 28.4 Å². The van der Waals surface area contributed by atoms with E-state index in [9.17, 15) is 22.4 Å². The van der Waals surface area contributed by atoms with E-state index >= 15 is 0 Å². The van der Waals surface area contributed by atoms with Crippen LogP contribution in [0.3, 0.4) is 0 Å². The molecule has 3 aromatic rings. The van der Waals surface area contributed by atoms with Crippen molar-refractivity contribution in [1.82, 2.24) is 14.8 Å². The molecule has 1 aliphatic rings. The minimum Gasteiger partial charge on any atom is -0.378 e. The summed E-state index contributed by atoms with van der Waals surface area (Å²) < 4.78 is 58.8. The lowest BCUT2D eigenvalue weighted by Gasteiger charge is -2.33. The van der Waals surface area contributed by atoms with Crippen LogP contribution in [0, 0.1) is 11.8 Å². The predicted molar refractivity (Wildman–Crippen MR) is 145 cm³/mol. The number of hydrogen-bond donors (Lipinski definition) is 2. The number of carbonyl (C=O) groups is 1. The average Bonchev–Trinajstić information content (AvgIpc) is 3.49. The molecule has 0 radical (unpaired) electrons. The lowest BCUT2D eigenvalue weighted by molar-refractivity contribution is 0.0504. The van der Waals surface area contributed by atoms with Gasteiger partial charge in [-0.1, -0.05) is 24.0 Å². The number of carbonyl (C=O) groups excluding carboxylic acids is 1. The van der Waals surface area contributed by atoms with Gasteiger partial charge in [0.1, 0.15) is 6.17 Å². The number of fused-ring (bicyclic) bond motifs is 1. The van der Waals surface area contributed by atoms with Crippen LogP contribution < -0.4 is 10.6 Å². The van der Waals surface area contributed by atoms with Gasteiger partial charge in [-0.05, 0) is 46.4 Å². The van der Waals surface area contributed by atoms with Crippen molar-refractivity contribution >= 4 is 33.0 Å². The summed E-state index contributed by atoms with van der Waals surface area (Å²) in [5, 5.41) is 6.23. The van der Waals surface area contributed by atoms with Gasteiger partial charge in [-0.15, -0.1) is 11.3 Å². The molecule has 10 heteroatoms. The van der Waals surface area contributed by atoms with Crippen LogP contribution in [0.1, 0.15) is 54.2 Å². The summed E-state index contributed by atoms with van der Waals surface area (Å²) in [5.74, 6) is 5.24. The number of piperidine rings is 1. The molecule has 4 rings (SSSR count). The van der Waals surface area contributed by atoms with E-state index in [1.807, 2.05) is 43.5 Å². The summed E-state index contributed by atoms with van der Waals surface area (Å²) in [6, 6.07) is 6.23. The number of halogens is 4. The molecular weight excluding hydrogens is 516 g/mol. The van der Waals surface area contributed by atoms with E-state index in [4.69, 9.17) is 0 Å². The first-order valence-corrected chi connectivity index (χ1v) is 13.3. The van der Waals surface area contributed by atoms with Crippen LogP contribution >= 0.6 is 11.3 Å². The standard InChI is InChI=1S/C28H32F4N4OS/c1-28(2,3)36-14-10-17(15-36)27(37)33-12-6-9-22-23(24(30)26(31)32)18-7-5-8-21(25(18)38-22)34-20-11-13-35(4)16-19(20)29/h5,7-8,10,14-15,19-20,24,26,34H,11-13,16H2,1-4H3,(H,33,37). The van der Waals surface area contributed by atoms with Crippen molar-refractivity contribution in [3.63, 3.8) is 0 Å². The highest BCUT2D eigenvalue weighted by atomic mass is 32.1. The van der Waals surface area contributed by atoms with Crippen LogP contribution in [-0.4, -0.2) is 60.7 Å². The predicted octanol–water partition coefficient (Wildman–Crippen LogP) is 5.97. The number of amides is 1. The van der Waals surface area contributed by atoms with Gasteiger partial charge in [-0.2, -0.15) is 0 Å². The van der Waals surface area contributed by atoms with Crippen molar-refractivity contribution in [2.75, 3.05) is 32.0 Å². The van der Waals surface area contributed by atoms with E-state index in [1.54, 1.807) is 30.5 Å². The van der Waals surface area contributed by atoms with Crippen LogP contribution in [-0.2, 0) is 5.54 Å². The first-order chi connectivity index (χ1) is 18.0. The zero-order valence-corrected chi connectivity index (χ0v) is 22.6. The van der Waals surface area contributed by atoms with Crippen LogP contribution in [0.15, 0.2) is 36.7 Å².